The Labute approximate surface area is 145 Å². The van der Waals surface area contributed by atoms with Crippen LogP contribution in [0.2, 0.25) is 0 Å². The fraction of sp³-hybridized carbons (Fsp3) is 0.278. The number of rotatable bonds is 4. The van der Waals surface area contributed by atoms with Crippen LogP contribution in [-0.4, -0.2) is 55.2 Å². The number of pyridine rings is 1. The van der Waals surface area contributed by atoms with Gasteiger partial charge in [-0.2, -0.15) is 0 Å². The highest BCUT2D eigenvalue weighted by Crippen LogP contribution is 2.19. The molecular formula is C18H19N3O4. The van der Waals surface area contributed by atoms with Gasteiger partial charge in [-0.1, -0.05) is 6.07 Å². The van der Waals surface area contributed by atoms with Crippen LogP contribution in [0.15, 0.2) is 42.7 Å². The third-order valence-electron chi connectivity index (χ3n) is 3.86. The summed E-state index contributed by atoms with van der Waals surface area (Å²) in [6.07, 6.45) is 3.18. The third-order valence-corrected chi connectivity index (χ3v) is 3.86. The molecule has 1 fully saturated rings. The van der Waals surface area contributed by atoms with E-state index in [0.29, 0.717) is 48.8 Å². The smallest absolute Gasteiger partial charge is 0.337 e. The molecule has 0 unspecified atom stereocenters. The Balaban J connectivity index is 1.75. The molecule has 1 amide bonds. The number of ether oxygens (including phenoxy) is 2. The summed E-state index contributed by atoms with van der Waals surface area (Å²) in [5, 5.41) is 3.16. The second kappa shape index (κ2) is 7.76. The maximum absolute atomic E-state index is 12.5. The van der Waals surface area contributed by atoms with Crippen LogP contribution in [0.5, 0.6) is 0 Å². The van der Waals surface area contributed by atoms with Gasteiger partial charge in [0, 0.05) is 25.0 Å². The van der Waals surface area contributed by atoms with Gasteiger partial charge in [0.2, 0.25) is 0 Å². The maximum atomic E-state index is 12.5. The second-order valence-electron chi connectivity index (χ2n) is 5.56. The minimum absolute atomic E-state index is 0.0669. The zero-order valence-corrected chi connectivity index (χ0v) is 13.9. The summed E-state index contributed by atoms with van der Waals surface area (Å²) in [4.78, 5) is 30.0. The van der Waals surface area contributed by atoms with Crippen LogP contribution in [-0.2, 0) is 9.47 Å². The topological polar surface area (TPSA) is 80.8 Å². The predicted molar refractivity (Wildman–Crippen MR) is 92.0 cm³/mol. The number of hydrogen-bond acceptors (Lipinski definition) is 6. The first-order chi connectivity index (χ1) is 12.2. The van der Waals surface area contributed by atoms with Crippen molar-refractivity contribution in [2.45, 2.75) is 0 Å². The van der Waals surface area contributed by atoms with Gasteiger partial charge in [0.25, 0.3) is 5.91 Å². The fourth-order valence-electron chi connectivity index (χ4n) is 2.58. The van der Waals surface area contributed by atoms with Crippen LogP contribution >= 0.6 is 0 Å². The monoisotopic (exact) mass is 341 g/mol. The number of nitrogens with zero attached hydrogens (tertiary/aromatic N) is 2. The molecule has 0 spiro atoms. The van der Waals surface area contributed by atoms with Gasteiger partial charge in [0.1, 0.15) is 0 Å². The molecule has 25 heavy (non-hydrogen) atoms. The van der Waals surface area contributed by atoms with Crippen LogP contribution in [0.4, 0.5) is 11.4 Å². The molecule has 7 nitrogen and oxygen atoms in total. The molecule has 0 aliphatic carbocycles. The summed E-state index contributed by atoms with van der Waals surface area (Å²) in [5.74, 6) is -0.471. The van der Waals surface area contributed by atoms with Gasteiger partial charge in [-0.25, -0.2) is 4.79 Å². The molecule has 2 aromatic rings. The van der Waals surface area contributed by atoms with E-state index in [9.17, 15) is 9.59 Å². The molecule has 7 heteroatoms. The Hall–Kier alpha value is -2.93. The molecule has 1 aliphatic heterocycles. The Morgan fingerprint density at radius 1 is 1.12 bits per heavy atom. The van der Waals surface area contributed by atoms with Crippen molar-refractivity contribution in [3.8, 4) is 0 Å². The molecule has 130 valence electrons. The second-order valence-corrected chi connectivity index (χ2v) is 5.56. The number of methoxy groups -OCH3 is 1. The molecule has 0 atom stereocenters. The number of esters is 1. The van der Waals surface area contributed by atoms with Gasteiger partial charge in [-0.3, -0.25) is 9.78 Å². The van der Waals surface area contributed by atoms with Crippen molar-refractivity contribution >= 4 is 23.3 Å². The van der Waals surface area contributed by atoms with Gasteiger partial charge in [0.15, 0.2) is 0 Å². The molecule has 3 rings (SSSR count). The lowest BCUT2D eigenvalue weighted by Gasteiger charge is -2.26. The zero-order chi connectivity index (χ0) is 17.6. The van der Waals surface area contributed by atoms with E-state index >= 15 is 0 Å². The number of anilines is 2. The normalized spacial score (nSPS) is 14.0. The zero-order valence-electron chi connectivity index (χ0n) is 13.9. The third kappa shape index (κ3) is 4.13. The number of carbonyl (C=O) groups excluding carboxylic acids is 2. The van der Waals surface area contributed by atoms with E-state index < -0.39 is 5.97 Å². The Morgan fingerprint density at radius 2 is 1.88 bits per heavy atom. The van der Waals surface area contributed by atoms with E-state index in [2.05, 4.69) is 10.3 Å². The van der Waals surface area contributed by atoms with E-state index in [1.807, 2.05) is 6.07 Å². The summed E-state index contributed by atoms with van der Waals surface area (Å²) < 4.78 is 9.99. The van der Waals surface area contributed by atoms with Crippen molar-refractivity contribution in [3.63, 3.8) is 0 Å². The van der Waals surface area contributed by atoms with E-state index in [1.165, 1.54) is 7.11 Å². The number of amides is 1. The van der Waals surface area contributed by atoms with E-state index in [4.69, 9.17) is 9.47 Å². The number of nitrogens with one attached hydrogen (secondary N) is 1. The van der Waals surface area contributed by atoms with Gasteiger partial charge in [-0.05, 0) is 24.3 Å². The molecular weight excluding hydrogens is 322 g/mol. The number of morpholine rings is 1. The number of benzene rings is 1. The van der Waals surface area contributed by atoms with Crippen LogP contribution in [0.3, 0.4) is 0 Å². The van der Waals surface area contributed by atoms with Crippen molar-refractivity contribution in [2.24, 2.45) is 0 Å². The van der Waals surface area contributed by atoms with Crippen LogP contribution in [0.1, 0.15) is 20.7 Å². The van der Waals surface area contributed by atoms with Crippen molar-refractivity contribution in [2.75, 3.05) is 38.7 Å². The lowest BCUT2D eigenvalue weighted by Crippen LogP contribution is -2.40. The van der Waals surface area contributed by atoms with Gasteiger partial charge in [-0.15, -0.1) is 0 Å². The molecule has 1 aromatic carbocycles. The summed E-state index contributed by atoms with van der Waals surface area (Å²) in [7, 11) is 1.34. The minimum atomic E-state index is -0.405. The van der Waals surface area contributed by atoms with Crippen molar-refractivity contribution in [3.05, 3.63) is 53.9 Å². The SMILES string of the molecule is COC(=O)c1cccc(Nc2cncc(C(=O)N3CCOCC3)c2)c1. The lowest BCUT2D eigenvalue weighted by molar-refractivity contribution is 0.0302. The molecule has 0 saturated carbocycles. The lowest BCUT2D eigenvalue weighted by atomic mass is 10.2. The van der Waals surface area contributed by atoms with Crippen molar-refractivity contribution in [1.82, 2.24) is 9.88 Å². The van der Waals surface area contributed by atoms with Gasteiger partial charge in [0.05, 0.1) is 43.3 Å². The highest BCUT2D eigenvalue weighted by Gasteiger charge is 2.19. The number of aromatic nitrogens is 1. The van der Waals surface area contributed by atoms with Gasteiger partial charge < -0.3 is 19.7 Å². The Kier molecular flexibility index (Phi) is 5.25. The summed E-state index contributed by atoms with van der Waals surface area (Å²) in [5.41, 5.74) is 2.33. The quantitative estimate of drug-likeness (QED) is 0.858. The first kappa shape index (κ1) is 16.9. The standard InChI is InChI=1S/C18H19N3O4/c1-24-18(23)13-3-2-4-15(9-13)20-16-10-14(11-19-12-16)17(22)21-5-7-25-8-6-21/h2-4,9-12,20H,5-8H2,1H3. The Bertz CT molecular complexity index is 772. The summed E-state index contributed by atoms with van der Waals surface area (Å²) in [6.45, 7) is 2.27. The van der Waals surface area contributed by atoms with E-state index in [-0.39, 0.29) is 5.91 Å². The minimum Gasteiger partial charge on any atom is -0.465 e. The van der Waals surface area contributed by atoms with Crippen LogP contribution in [0.25, 0.3) is 0 Å². The summed E-state index contributed by atoms with van der Waals surface area (Å²) in [6, 6.07) is 8.68. The highest BCUT2D eigenvalue weighted by atomic mass is 16.5. The molecule has 1 N–H and O–H groups in total. The van der Waals surface area contributed by atoms with E-state index in [0.717, 1.165) is 0 Å². The van der Waals surface area contributed by atoms with Crippen LogP contribution < -0.4 is 5.32 Å². The number of carbonyl (C=O) groups is 2. The maximum Gasteiger partial charge on any atom is 0.337 e. The molecule has 1 saturated heterocycles. The Morgan fingerprint density at radius 3 is 2.64 bits per heavy atom. The first-order valence-electron chi connectivity index (χ1n) is 7.95. The highest BCUT2D eigenvalue weighted by molar-refractivity contribution is 5.95. The first-order valence-corrected chi connectivity index (χ1v) is 7.95. The molecule has 1 aromatic heterocycles. The fourth-order valence-corrected chi connectivity index (χ4v) is 2.58. The van der Waals surface area contributed by atoms with Crippen molar-refractivity contribution in [1.29, 1.82) is 0 Å². The van der Waals surface area contributed by atoms with Crippen LogP contribution in [0, 0.1) is 0 Å². The molecule has 2 heterocycles. The number of hydrogen-bond donors (Lipinski definition) is 1. The van der Waals surface area contributed by atoms with Crippen molar-refractivity contribution < 1.29 is 19.1 Å². The predicted octanol–water partition coefficient (Wildman–Crippen LogP) is 2.08. The van der Waals surface area contributed by atoms with Gasteiger partial charge >= 0.3 is 5.97 Å². The average Bonchev–Trinajstić information content (AvgIpc) is 2.68. The average molecular weight is 341 g/mol. The molecule has 0 radical (unpaired) electrons. The molecule has 0 bridgehead atoms. The molecule has 1 aliphatic rings. The largest absolute Gasteiger partial charge is 0.465 e. The summed E-state index contributed by atoms with van der Waals surface area (Å²) >= 11 is 0. The van der Waals surface area contributed by atoms with E-state index in [1.54, 1.807) is 41.6 Å².